The maximum absolute atomic E-state index is 12.6. The minimum absolute atomic E-state index is 0.167. The summed E-state index contributed by atoms with van der Waals surface area (Å²) in [6, 6.07) is 0. The third-order valence-electron chi connectivity index (χ3n) is 3.41. The molecule has 0 aliphatic carbocycles. The van der Waals surface area contributed by atoms with Crippen molar-refractivity contribution in [2.75, 3.05) is 6.61 Å². The van der Waals surface area contributed by atoms with Gasteiger partial charge in [-0.15, -0.1) is 11.3 Å². The number of thiophene rings is 1. The number of nitrogens with zero attached hydrogens (tertiary/aromatic N) is 5. The lowest BCUT2D eigenvalue weighted by molar-refractivity contribution is 0.0531. The minimum atomic E-state index is -0.415. The maximum atomic E-state index is 12.6. The number of aryl methyl sites for hydroxylation is 3. The van der Waals surface area contributed by atoms with Crippen LogP contribution in [0.2, 0.25) is 0 Å². The molecule has 0 bridgehead atoms. The third kappa shape index (κ3) is 2.87. The van der Waals surface area contributed by atoms with Crippen molar-refractivity contribution in [3.05, 3.63) is 39.8 Å². The summed E-state index contributed by atoms with van der Waals surface area (Å²) < 4.78 is 8.17. The van der Waals surface area contributed by atoms with Gasteiger partial charge in [-0.05, 0) is 19.4 Å². The summed E-state index contributed by atoms with van der Waals surface area (Å²) >= 11 is 1.18. The molecule has 0 aromatic carbocycles. The Balaban J connectivity index is 1.96. The molecule has 120 valence electrons. The zero-order valence-electron chi connectivity index (χ0n) is 12.7. The van der Waals surface area contributed by atoms with E-state index in [1.165, 1.54) is 28.6 Å². The van der Waals surface area contributed by atoms with Crippen molar-refractivity contribution in [1.29, 1.82) is 0 Å². The Morgan fingerprint density at radius 3 is 2.87 bits per heavy atom. The van der Waals surface area contributed by atoms with Crippen LogP contribution >= 0.6 is 11.3 Å². The largest absolute Gasteiger partial charge is 0.462 e. The smallest absolute Gasteiger partial charge is 0.348 e. The lowest BCUT2D eigenvalue weighted by Crippen LogP contribution is -2.23. The zero-order valence-corrected chi connectivity index (χ0v) is 13.5. The van der Waals surface area contributed by atoms with Crippen molar-refractivity contribution >= 4 is 27.5 Å². The molecule has 0 fully saturated rings. The first kappa shape index (κ1) is 15.3. The molecule has 0 N–H and O–H groups in total. The van der Waals surface area contributed by atoms with E-state index in [1.54, 1.807) is 24.9 Å². The molecule has 9 heteroatoms. The first-order chi connectivity index (χ1) is 11.1. The number of hydrogen-bond acceptors (Lipinski definition) is 7. The van der Waals surface area contributed by atoms with Gasteiger partial charge >= 0.3 is 5.97 Å². The molecular formula is C14H15N5O3S. The fourth-order valence-corrected chi connectivity index (χ4v) is 3.30. The van der Waals surface area contributed by atoms with Gasteiger partial charge in [0.1, 0.15) is 22.4 Å². The summed E-state index contributed by atoms with van der Waals surface area (Å²) in [5.41, 5.74) is 0.454. The Bertz CT molecular complexity index is 897. The van der Waals surface area contributed by atoms with Gasteiger partial charge in [0, 0.05) is 6.54 Å². The average molecular weight is 333 g/mol. The Morgan fingerprint density at radius 1 is 1.35 bits per heavy atom. The van der Waals surface area contributed by atoms with E-state index in [4.69, 9.17) is 4.74 Å². The van der Waals surface area contributed by atoms with Gasteiger partial charge in [0.2, 0.25) is 0 Å². The van der Waals surface area contributed by atoms with Crippen LogP contribution in [0.1, 0.15) is 22.2 Å². The van der Waals surface area contributed by atoms with Gasteiger partial charge in [-0.1, -0.05) is 0 Å². The summed E-state index contributed by atoms with van der Waals surface area (Å²) in [5.74, 6) is -0.415. The van der Waals surface area contributed by atoms with Crippen LogP contribution in [-0.2, 0) is 17.8 Å². The predicted octanol–water partition coefficient (Wildman–Crippen LogP) is 1.23. The van der Waals surface area contributed by atoms with Crippen LogP contribution in [0.4, 0.5) is 0 Å². The molecule has 3 rings (SSSR count). The number of ether oxygens (including phenoxy) is 1. The fourth-order valence-electron chi connectivity index (χ4n) is 2.27. The molecule has 0 spiro atoms. The molecule has 0 saturated carbocycles. The Morgan fingerprint density at radius 2 is 2.17 bits per heavy atom. The highest BCUT2D eigenvalue weighted by Crippen LogP contribution is 2.27. The van der Waals surface area contributed by atoms with Gasteiger partial charge < -0.3 is 4.74 Å². The van der Waals surface area contributed by atoms with Crippen LogP contribution < -0.4 is 5.56 Å². The minimum Gasteiger partial charge on any atom is -0.462 e. The first-order valence-electron chi connectivity index (χ1n) is 7.10. The summed E-state index contributed by atoms with van der Waals surface area (Å²) in [5, 5.41) is 4.47. The summed E-state index contributed by atoms with van der Waals surface area (Å²) in [4.78, 5) is 33.7. The van der Waals surface area contributed by atoms with Gasteiger partial charge in [-0.3, -0.25) is 14.0 Å². The molecule has 8 nitrogen and oxygen atoms in total. The number of esters is 1. The lowest BCUT2D eigenvalue weighted by atomic mass is 10.2. The number of rotatable bonds is 5. The Kier molecular flexibility index (Phi) is 4.20. The number of carbonyl (C=O) groups is 1. The first-order valence-corrected chi connectivity index (χ1v) is 7.91. The van der Waals surface area contributed by atoms with Crippen molar-refractivity contribution < 1.29 is 9.53 Å². The third-order valence-corrected chi connectivity index (χ3v) is 4.59. The van der Waals surface area contributed by atoms with E-state index in [9.17, 15) is 9.59 Å². The Labute approximate surface area is 135 Å². The SMILES string of the molecule is CCOC(=O)c1sc2ncn(CCn3cncn3)c(=O)c2c1C. The van der Waals surface area contributed by atoms with Gasteiger partial charge in [0.15, 0.2) is 0 Å². The second-order valence-electron chi connectivity index (χ2n) is 4.86. The van der Waals surface area contributed by atoms with Crippen molar-refractivity contribution in [3.63, 3.8) is 0 Å². The molecule has 0 amide bonds. The topological polar surface area (TPSA) is 91.9 Å². The molecule has 3 aromatic rings. The molecular weight excluding hydrogens is 318 g/mol. The maximum Gasteiger partial charge on any atom is 0.348 e. The molecule has 0 unspecified atom stereocenters. The van der Waals surface area contributed by atoms with Crippen LogP contribution in [-0.4, -0.2) is 36.9 Å². The van der Waals surface area contributed by atoms with E-state index in [0.717, 1.165) is 0 Å². The summed E-state index contributed by atoms with van der Waals surface area (Å²) in [6.07, 6.45) is 4.52. The van der Waals surface area contributed by atoms with Crippen molar-refractivity contribution in [1.82, 2.24) is 24.3 Å². The van der Waals surface area contributed by atoms with Crippen LogP contribution in [0, 0.1) is 6.92 Å². The average Bonchev–Trinajstić information content (AvgIpc) is 3.15. The van der Waals surface area contributed by atoms with E-state index in [2.05, 4.69) is 15.1 Å². The van der Waals surface area contributed by atoms with Crippen LogP contribution in [0.15, 0.2) is 23.8 Å². The van der Waals surface area contributed by atoms with Gasteiger partial charge in [0.05, 0.1) is 24.9 Å². The van der Waals surface area contributed by atoms with E-state index < -0.39 is 5.97 Å². The molecule has 0 aliphatic rings. The predicted molar refractivity (Wildman–Crippen MR) is 84.6 cm³/mol. The van der Waals surface area contributed by atoms with Gasteiger partial charge in [-0.25, -0.2) is 14.8 Å². The van der Waals surface area contributed by atoms with Crippen LogP contribution in [0.25, 0.3) is 10.2 Å². The van der Waals surface area contributed by atoms with Crippen molar-refractivity contribution in [3.8, 4) is 0 Å². The molecule has 0 aliphatic heterocycles. The normalized spacial score (nSPS) is 11.0. The second-order valence-corrected chi connectivity index (χ2v) is 5.86. The van der Waals surface area contributed by atoms with Crippen molar-refractivity contribution in [2.45, 2.75) is 26.9 Å². The Hall–Kier alpha value is -2.55. The van der Waals surface area contributed by atoms with Gasteiger partial charge in [0.25, 0.3) is 5.56 Å². The molecule has 0 saturated heterocycles. The second kappa shape index (κ2) is 6.29. The van der Waals surface area contributed by atoms with E-state index in [-0.39, 0.29) is 5.56 Å². The molecule has 0 atom stereocenters. The highest BCUT2D eigenvalue weighted by Gasteiger charge is 2.20. The number of fused-ring (bicyclic) bond motifs is 1. The molecule has 3 aromatic heterocycles. The summed E-state index contributed by atoms with van der Waals surface area (Å²) in [6.45, 7) is 4.73. The number of hydrogen-bond donors (Lipinski definition) is 0. The standard InChI is InChI=1S/C14H15N5O3S/c1-3-22-14(21)11-9(2)10-12(23-11)16-8-18(13(10)20)4-5-19-7-15-6-17-19/h6-8H,3-5H2,1-2H3. The zero-order chi connectivity index (χ0) is 16.4. The van der Waals surface area contributed by atoms with E-state index >= 15 is 0 Å². The fraction of sp³-hybridized carbons (Fsp3) is 0.357. The quantitative estimate of drug-likeness (QED) is 0.652. The number of aromatic nitrogens is 5. The van der Waals surface area contributed by atoms with Crippen LogP contribution in [0.5, 0.6) is 0 Å². The highest BCUT2D eigenvalue weighted by molar-refractivity contribution is 7.20. The van der Waals surface area contributed by atoms with Crippen LogP contribution in [0.3, 0.4) is 0 Å². The molecule has 23 heavy (non-hydrogen) atoms. The van der Waals surface area contributed by atoms with Gasteiger partial charge in [-0.2, -0.15) is 5.10 Å². The van der Waals surface area contributed by atoms with Crippen molar-refractivity contribution in [2.24, 2.45) is 0 Å². The highest BCUT2D eigenvalue weighted by atomic mass is 32.1. The van der Waals surface area contributed by atoms with E-state index in [0.29, 0.717) is 40.4 Å². The monoisotopic (exact) mass is 333 g/mol. The lowest BCUT2D eigenvalue weighted by Gasteiger charge is -2.05. The van der Waals surface area contributed by atoms with E-state index in [1.807, 2.05) is 0 Å². The number of carbonyl (C=O) groups excluding carboxylic acids is 1. The summed E-state index contributed by atoms with van der Waals surface area (Å²) in [7, 11) is 0. The molecule has 3 heterocycles. The molecule has 0 radical (unpaired) electrons.